The van der Waals surface area contributed by atoms with Crippen LogP contribution in [0.3, 0.4) is 0 Å². The number of esters is 1. The summed E-state index contributed by atoms with van der Waals surface area (Å²) in [6, 6.07) is 20.5. The number of hydrogen-bond acceptors (Lipinski definition) is 6. The topological polar surface area (TPSA) is 82.7 Å². The van der Waals surface area contributed by atoms with Crippen molar-refractivity contribution in [2.24, 2.45) is 5.92 Å². The number of ether oxygens (including phenoxy) is 2. The lowest BCUT2D eigenvalue weighted by molar-refractivity contribution is -0.144. The highest BCUT2D eigenvalue weighted by Crippen LogP contribution is 2.30. The highest BCUT2D eigenvalue weighted by Gasteiger charge is 2.54. The normalized spacial score (nSPS) is 19.6. The van der Waals surface area contributed by atoms with Crippen LogP contribution in [0.2, 0.25) is 0 Å². The van der Waals surface area contributed by atoms with Crippen LogP contribution in [-0.2, 0) is 19.1 Å². The van der Waals surface area contributed by atoms with Gasteiger partial charge >= 0.3 is 12.0 Å². The SMILES string of the molecule is CCOC(=O)C1OC1C(=O)N(CCC(C)C)C(=O)N1CCN(C(c2ccccc2)c2ccccc2)CC1. The third-order valence-corrected chi connectivity index (χ3v) is 6.86. The number of nitrogens with zero attached hydrogens (tertiary/aromatic N) is 3. The molecule has 2 aliphatic heterocycles. The molecule has 2 saturated heterocycles. The van der Waals surface area contributed by atoms with E-state index in [-0.39, 0.29) is 18.7 Å². The van der Waals surface area contributed by atoms with Crippen molar-refractivity contribution in [1.82, 2.24) is 14.7 Å². The van der Waals surface area contributed by atoms with Gasteiger partial charge in [0.2, 0.25) is 0 Å². The zero-order valence-electron chi connectivity index (χ0n) is 21.9. The van der Waals surface area contributed by atoms with E-state index in [1.165, 1.54) is 16.0 Å². The van der Waals surface area contributed by atoms with Crippen LogP contribution < -0.4 is 0 Å². The van der Waals surface area contributed by atoms with Gasteiger partial charge in [0.05, 0.1) is 12.6 Å². The molecule has 2 aromatic carbocycles. The van der Waals surface area contributed by atoms with E-state index >= 15 is 0 Å². The molecule has 2 fully saturated rings. The summed E-state index contributed by atoms with van der Waals surface area (Å²) < 4.78 is 10.3. The number of imide groups is 1. The van der Waals surface area contributed by atoms with Gasteiger partial charge in [0.15, 0.2) is 12.2 Å². The van der Waals surface area contributed by atoms with Gasteiger partial charge in [0, 0.05) is 32.7 Å². The monoisotopic (exact) mass is 507 g/mol. The Labute approximate surface area is 219 Å². The zero-order valence-corrected chi connectivity index (χ0v) is 21.9. The summed E-state index contributed by atoms with van der Waals surface area (Å²) in [4.78, 5) is 44.1. The summed E-state index contributed by atoms with van der Waals surface area (Å²) in [5.41, 5.74) is 2.41. The molecule has 0 N–H and O–H groups in total. The van der Waals surface area contributed by atoms with Crippen molar-refractivity contribution in [2.75, 3.05) is 39.3 Å². The van der Waals surface area contributed by atoms with Gasteiger partial charge < -0.3 is 14.4 Å². The quantitative estimate of drug-likeness (QED) is 0.380. The van der Waals surface area contributed by atoms with Crippen molar-refractivity contribution in [3.63, 3.8) is 0 Å². The Bertz CT molecular complexity index is 1010. The van der Waals surface area contributed by atoms with Crippen molar-refractivity contribution in [3.8, 4) is 0 Å². The average molecular weight is 508 g/mol. The molecule has 37 heavy (non-hydrogen) atoms. The van der Waals surface area contributed by atoms with Crippen molar-refractivity contribution < 1.29 is 23.9 Å². The summed E-state index contributed by atoms with van der Waals surface area (Å²) in [7, 11) is 0. The standard InChI is InChI=1S/C29H37N3O5/c1-4-36-28(34)26-25(37-26)27(33)32(16-15-21(2)3)29(35)31-19-17-30(18-20-31)24(22-11-7-5-8-12-22)23-13-9-6-10-14-23/h5-14,21,24-26H,4,15-20H2,1-3H3. The number of epoxide rings is 1. The van der Waals surface area contributed by atoms with E-state index in [1.807, 2.05) is 50.2 Å². The van der Waals surface area contributed by atoms with E-state index < -0.39 is 24.1 Å². The molecule has 2 aliphatic rings. The Morgan fingerprint density at radius 3 is 2.00 bits per heavy atom. The third-order valence-electron chi connectivity index (χ3n) is 6.86. The van der Waals surface area contributed by atoms with E-state index in [0.717, 1.165) is 0 Å². The molecular weight excluding hydrogens is 470 g/mol. The Balaban J connectivity index is 1.44. The number of carbonyl (C=O) groups excluding carboxylic acids is 3. The zero-order chi connectivity index (χ0) is 26.4. The van der Waals surface area contributed by atoms with Crippen LogP contribution in [0.1, 0.15) is 44.4 Å². The summed E-state index contributed by atoms with van der Waals surface area (Å²) in [5.74, 6) is -0.699. The third kappa shape index (κ3) is 6.56. The second kappa shape index (κ2) is 12.3. The first-order chi connectivity index (χ1) is 17.9. The molecule has 0 bridgehead atoms. The molecule has 8 nitrogen and oxygen atoms in total. The van der Waals surface area contributed by atoms with Gasteiger partial charge in [-0.15, -0.1) is 0 Å². The summed E-state index contributed by atoms with van der Waals surface area (Å²) in [6.07, 6.45) is -1.19. The van der Waals surface area contributed by atoms with E-state index in [9.17, 15) is 14.4 Å². The van der Waals surface area contributed by atoms with Crippen LogP contribution in [0.15, 0.2) is 60.7 Å². The minimum absolute atomic E-state index is 0.0866. The molecule has 0 saturated carbocycles. The van der Waals surface area contributed by atoms with Gasteiger partial charge in [0.1, 0.15) is 0 Å². The van der Waals surface area contributed by atoms with Crippen LogP contribution in [-0.4, -0.2) is 84.1 Å². The first-order valence-electron chi connectivity index (χ1n) is 13.2. The lowest BCUT2D eigenvalue weighted by Crippen LogP contribution is -2.55. The smallest absolute Gasteiger partial charge is 0.338 e. The maximum Gasteiger partial charge on any atom is 0.338 e. The summed E-state index contributed by atoms with van der Waals surface area (Å²) >= 11 is 0. The number of urea groups is 1. The molecule has 0 aromatic heterocycles. The number of benzene rings is 2. The molecule has 198 valence electrons. The van der Waals surface area contributed by atoms with Crippen LogP contribution in [0.5, 0.6) is 0 Å². The predicted octanol–water partition coefficient (Wildman–Crippen LogP) is 3.72. The Hall–Kier alpha value is -3.23. The summed E-state index contributed by atoms with van der Waals surface area (Å²) in [6.45, 7) is 8.68. The molecule has 2 atom stereocenters. The molecule has 2 heterocycles. The highest BCUT2D eigenvalue weighted by molar-refractivity contribution is 6.01. The van der Waals surface area contributed by atoms with Gasteiger partial charge in [-0.3, -0.25) is 14.6 Å². The van der Waals surface area contributed by atoms with E-state index in [2.05, 4.69) is 29.2 Å². The van der Waals surface area contributed by atoms with Crippen LogP contribution in [0.4, 0.5) is 4.79 Å². The minimum Gasteiger partial charge on any atom is -0.464 e. The van der Waals surface area contributed by atoms with Crippen molar-refractivity contribution in [2.45, 2.75) is 45.4 Å². The van der Waals surface area contributed by atoms with Gasteiger partial charge in [-0.2, -0.15) is 0 Å². The van der Waals surface area contributed by atoms with Crippen molar-refractivity contribution in [1.29, 1.82) is 0 Å². The molecule has 4 rings (SSSR count). The van der Waals surface area contributed by atoms with Gasteiger partial charge in [-0.05, 0) is 30.4 Å². The lowest BCUT2D eigenvalue weighted by atomic mass is 9.96. The van der Waals surface area contributed by atoms with Gasteiger partial charge in [-0.1, -0.05) is 74.5 Å². The fraction of sp³-hybridized carbons (Fsp3) is 0.483. The van der Waals surface area contributed by atoms with Crippen LogP contribution in [0.25, 0.3) is 0 Å². The number of amides is 3. The molecule has 8 heteroatoms. The predicted molar refractivity (Wildman–Crippen MR) is 140 cm³/mol. The number of rotatable bonds is 9. The summed E-state index contributed by atoms with van der Waals surface area (Å²) in [5, 5.41) is 0. The maximum absolute atomic E-state index is 13.5. The van der Waals surface area contributed by atoms with Crippen molar-refractivity contribution >= 4 is 17.9 Å². The van der Waals surface area contributed by atoms with E-state index in [0.29, 0.717) is 45.1 Å². The highest BCUT2D eigenvalue weighted by atomic mass is 16.6. The van der Waals surface area contributed by atoms with Crippen LogP contribution >= 0.6 is 0 Å². The van der Waals surface area contributed by atoms with Crippen molar-refractivity contribution in [3.05, 3.63) is 71.8 Å². The largest absolute Gasteiger partial charge is 0.464 e. The Morgan fingerprint density at radius 1 is 0.919 bits per heavy atom. The molecule has 3 amide bonds. The van der Waals surface area contributed by atoms with Gasteiger partial charge in [0.25, 0.3) is 5.91 Å². The Kier molecular flexibility index (Phi) is 8.95. The molecular formula is C29H37N3O5. The lowest BCUT2D eigenvalue weighted by Gasteiger charge is -2.41. The first-order valence-corrected chi connectivity index (χ1v) is 13.2. The van der Waals surface area contributed by atoms with E-state index in [4.69, 9.17) is 9.47 Å². The molecule has 0 aliphatic carbocycles. The first kappa shape index (κ1) is 26.8. The second-order valence-corrected chi connectivity index (χ2v) is 9.93. The number of piperazine rings is 1. The fourth-order valence-corrected chi connectivity index (χ4v) is 4.77. The number of carbonyl (C=O) groups is 3. The molecule has 0 radical (unpaired) electrons. The molecule has 2 unspecified atom stereocenters. The molecule has 2 aromatic rings. The average Bonchev–Trinajstić information content (AvgIpc) is 3.72. The number of hydrogen-bond donors (Lipinski definition) is 0. The van der Waals surface area contributed by atoms with Gasteiger partial charge in [-0.25, -0.2) is 9.59 Å². The maximum atomic E-state index is 13.5. The van der Waals surface area contributed by atoms with Crippen LogP contribution in [0, 0.1) is 5.92 Å². The Morgan fingerprint density at radius 2 is 1.49 bits per heavy atom. The van der Waals surface area contributed by atoms with E-state index in [1.54, 1.807) is 11.8 Å². The minimum atomic E-state index is -0.947. The molecule has 0 spiro atoms. The second-order valence-electron chi connectivity index (χ2n) is 9.93. The fourth-order valence-electron chi connectivity index (χ4n) is 4.77.